The van der Waals surface area contributed by atoms with Gasteiger partial charge in [-0.05, 0) is 143 Å². The van der Waals surface area contributed by atoms with Crippen molar-refractivity contribution in [3.63, 3.8) is 0 Å². The van der Waals surface area contributed by atoms with Gasteiger partial charge in [-0.15, -0.1) is 0 Å². The molecule has 0 aromatic heterocycles. The van der Waals surface area contributed by atoms with Gasteiger partial charge >= 0.3 is 0 Å². The maximum Gasteiger partial charge on any atom is -0.0323 e. The maximum absolute atomic E-state index is 2.40. The van der Waals surface area contributed by atoms with Crippen LogP contribution in [-0.2, 0) is 0 Å². The fourth-order valence-corrected chi connectivity index (χ4v) is 12.4. The van der Waals surface area contributed by atoms with Crippen molar-refractivity contribution in [1.82, 2.24) is 0 Å². The Morgan fingerprint density at radius 3 is 0.798 bits per heavy atom. The van der Waals surface area contributed by atoms with E-state index in [-0.39, 0.29) is 0 Å². The highest BCUT2D eigenvalue weighted by Gasteiger charge is 2.43. The van der Waals surface area contributed by atoms with E-state index >= 15 is 0 Å². The predicted molar refractivity (Wildman–Crippen MR) is 475 cm³/mol. The Labute approximate surface area is 641 Å². The molecule has 0 aromatic carbocycles. The van der Waals surface area contributed by atoms with Gasteiger partial charge < -0.3 is 0 Å². The van der Waals surface area contributed by atoms with Crippen LogP contribution >= 0.6 is 0 Å². The summed E-state index contributed by atoms with van der Waals surface area (Å²) in [5, 5.41) is 0. The average Bonchev–Trinajstić information content (AvgIpc) is 1.66. The third-order valence-corrected chi connectivity index (χ3v) is 22.8. The van der Waals surface area contributed by atoms with Gasteiger partial charge in [0, 0.05) is 0 Å². The largest absolute Gasteiger partial charge is 0.0654 e. The van der Waals surface area contributed by atoms with Crippen LogP contribution in [0, 0.1) is 104 Å². The standard InChI is InChI=1S/C10H20.2C8H16.C8H18.C7H14.4C7H16.C6H12.4C6H14/c1-8-9(2,3)6-7-10(8,4)5;1-6-4-7(2)8(3)5-6;1-7-5-4-6-8(7,2)3;1-4-6-7-8(3)5-2;1-7-5-3-2-4-6-7;1-5-6-7(2,3)4;2*1-4-5-6-7(2)3;1-3-5-7-6-4-2;1-2-3-6-4-5-6;1-5-6(2,3)4;2*1-4-5-6(2)3;1-4-6(3)5-2/h8H,6-7H2,1-5H3;6-8H,4-5H2,1-3H3;7H,4-6H2,1-3H3;8H,4-7H2,1-3H3;7H,2-6H2,1H3;5-6H2,1-4H3;2*7H,4-6H2,1-3H3;3-7H2,1-2H3;6H,2-5H2,1H3;5H2,1-4H3;3*6H,4-5H2,1-3H3/t;;;8-;;;;;;;;;;/m...1........../s1. The van der Waals surface area contributed by atoms with Crippen LogP contribution in [0.25, 0.3) is 0 Å². The van der Waals surface area contributed by atoms with Crippen molar-refractivity contribution in [3.05, 3.63) is 0 Å². The lowest BCUT2D eigenvalue weighted by molar-refractivity contribution is 0.179. The summed E-state index contributed by atoms with van der Waals surface area (Å²) in [5.41, 5.74) is 2.92. The van der Waals surface area contributed by atoms with Crippen LogP contribution in [-0.4, -0.2) is 0 Å². The normalized spacial score (nSPS) is 19.6. The van der Waals surface area contributed by atoms with Crippen LogP contribution in [0.15, 0.2) is 0 Å². The highest BCUT2D eigenvalue weighted by molar-refractivity contribution is 4.93. The van der Waals surface area contributed by atoms with Gasteiger partial charge in [0.1, 0.15) is 0 Å². The molecule has 0 heteroatoms. The molecule has 5 aliphatic carbocycles. The van der Waals surface area contributed by atoms with Gasteiger partial charge in [-0.1, -0.05) is 502 Å². The van der Waals surface area contributed by atoms with Crippen LogP contribution in [0.5, 0.6) is 0 Å². The number of rotatable bonds is 23. The lowest BCUT2D eigenvalue weighted by atomic mass is 9.74. The van der Waals surface area contributed by atoms with E-state index < -0.39 is 0 Å². The summed E-state index contributed by atoms with van der Waals surface area (Å²) in [6.45, 7) is 93.9. The molecule has 0 radical (unpaired) electrons. The lowest BCUT2D eigenvalue weighted by Crippen LogP contribution is -2.24. The average molecular weight is 1410 g/mol. The second-order valence-electron chi connectivity index (χ2n) is 39.8. The molecular weight excluding hydrogens is 1190 g/mol. The minimum Gasteiger partial charge on any atom is -0.0654 e. The Hall–Kier alpha value is 0. The van der Waals surface area contributed by atoms with Crippen molar-refractivity contribution in [2.24, 2.45) is 104 Å². The topological polar surface area (TPSA) is 0 Å². The molecule has 3 unspecified atom stereocenters. The molecule has 5 saturated carbocycles. The summed E-state index contributed by atoms with van der Waals surface area (Å²) in [5.74, 6) is 12.5. The number of unbranched alkanes of at least 4 members (excludes halogenated alkanes) is 7. The second kappa shape index (κ2) is 77.6. The van der Waals surface area contributed by atoms with E-state index in [9.17, 15) is 0 Å². The third-order valence-electron chi connectivity index (χ3n) is 22.8. The van der Waals surface area contributed by atoms with E-state index in [1.165, 1.54) is 257 Å². The third kappa shape index (κ3) is 104. The first-order chi connectivity index (χ1) is 45.7. The molecule has 0 nitrogen and oxygen atoms in total. The molecule has 0 aromatic rings. The van der Waals surface area contributed by atoms with Gasteiger partial charge in [-0.25, -0.2) is 0 Å². The second-order valence-corrected chi connectivity index (χ2v) is 39.8. The lowest BCUT2D eigenvalue weighted by Gasteiger charge is -2.31. The van der Waals surface area contributed by atoms with Crippen molar-refractivity contribution in [3.8, 4) is 0 Å². The first-order valence-electron chi connectivity index (χ1n) is 45.7. The van der Waals surface area contributed by atoms with E-state index in [1.54, 1.807) is 0 Å². The Morgan fingerprint density at radius 1 is 0.323 bits per heavy atom. The van der Waals surface area contributed by atoms with Crippen LogP contribution in [0.4, 0.5) is 0 Å². The molecule has 5 aliphatic rings. The molecule has 5 rings (SSSR count). The van der Waals surface area contributed by atoms with E-state index in [1.807, 2.05) is 0 Å². The summed E-state index contributed by atoms with van der Waals surface area (Å²) in [6, 6.07) is 0. The fourth-order valence-electron chi connectivity index (χ4n) is 12.4. The quantitative estimate of drug-likeness (QED) is 0.0895. The fraction of sp³-hybridized carbons (Fsp3) is 1.00. The molecule has 5 fully saturated rings. The Balaban J connectivity index is -0.000000126. The van der Waals surface area contributed by atoms with Crippen molar-refractivity contribution in [2.75, 3.05) is 0 Å². The van der Waals surface area contributed by atoms with Crippen molar-refractivity contribution in [2.45, 2.75) is 541 Å². The predicted octanol–water partition coefficient (Wildman–Crippen LogP) is 38.2. The summed E-state index contributed by atoms with van der Waals surface area (Å²) < 4.78 is 0. The summed E-state index contributed by atoms with van der Waals surface area (Å²) in [4.78, 5) is 0. The highest BCUT2D eigenvalue weighted by atomic mass is 14.5. The summed E-state index contributed by atoms with van der Waals surface area (Å²) in [6.07, 6.45) is 56.3. The molecule has 0 saturated heterocycles. The first-order valence-corrected chi connectivity index (χ1v) is 45.7. The van der Waals surface area contributed by atoms with Gasteiger partial charge in [0.15, 0.2) is 0 Å². The van der Waals surface area contributed by atoms with Crippen molar-refractivity contribution < 1.29 is 0 Å². The highest BCUT2D eigenvalue weighted by Crippen LogP contribution is 2.53. The minimum absolute atomic E-state index is 0.542. The zero-order chi connectivity index (χ0) is 79.3. The molecule has 99 heavy (non-hydrogen) atoms. The monoisotopic (exact) mass is 1410 g/mol. The van der Waals surface area contributed by atoms with Gasteiger partial charge in [-0.2, -0.15) is 0 Å². The van der Waals surface area contributed by atoms with Crippen LogP contribution in [0.1, 0.15) is 541 Å². The smallest absolute Gasteiger partial charge is 0.0323 e. The summed E-state index contributed by atoms with van der Waals surface area (Å²) >= 11 is 0. The Bertz CT molecular complexity index is 1360. The van der Waals surface area contributed by atoms with Gasteiger partial charge in [0.25, 0.3) is 0 Å². The van der Waals surface area contributed by atoms with Gasteiger partial charge in [0.05, 0.1) is 0 Å². The van der Waals surface area contributed by atoms with Gasteiger partial charge in [-0.3, -0.25) is 0 Å². The molecule has 0 N–H and O–H groups in total. The van der Waals surface area contributed by atoms with E-state index in [4.69, 9.17) is 0 Å². The molecule has 612 valence electrons. The van der Waals surface area contributed by atoms with Crippen LogP contribution < -0.4 is 0 Å². The summed E-state index contributed by atoms with van der Waals surface area (Å²) in [7, 11) is 0. The van der Waals surface area contributed by atoms with E-state index in [2.05, 4.69) is 284 Å². The molecule has 0 heterocycles. The zero-order valence-corrected chi connectivity index (χ0v) is 79.3. The molecular formula is C99H216. The van der Waals surface area contributed by atoms with Crippen LogP contribution in [0.3, 0.4) is 0 Å². The van der Waals surface area contributed by atoms with Gasteiger partial charge in [0.2, 0.25) is 0 Å². The van der Waals surface area contributed by atoms with Crippen LogP contribution in [0.2, 0.25) is 0 Å². The number of hydrogen-bond donors (Lipinski definition) is 0. The minimum atomic E-state index is 0.542. The molecule has 0 amide bonds. The van der Waals surface area contributed by atoms with E-state index in [0.29, 0.717) is 27.1 Å². The SMILES string of the molecule is CC1C(C)(C)CCC1(C)C.CC1CC(C)C(C)C1.CC1CCCC1(C)C.CC1CCCCC1.CCC(C)(C)C.CCC(C)CC.CCCC(C)(C)C.CCCC(C)C.CCCC(C)C.CCCC1CC1.CCCCC(C)C.CCCCC(C)C.CCCCCCC.CCCC[C@H](C)CC. The Morgan fingerprint density at radius 2 is 0.677 bits per heavy atom. The van der Waals surface area contributed by atoms with Crippen molar-refractivity contribution in [1.29, 1.82) is 0 Å². The molecule has 0 bridgehead atoms. The first kappa shape index (κ1) is 117. The molecule has 0 spiro atoms. The van der Waals surface area contributed by atoms with E-state index in [0.717, 1.165) is 76.9 Å². The number of hydrogen-bond acceptors (Lipinski definition) is 0. The Kier molecular flexibility index (Phi) is 92.0. The molecule has 0 aliphatic heterocycles. The maximum atomic E-state index is 2.40. The zero-order valence-electron chi connectivity index (χ0n) is 79.3. The molecule has 4 atom stereocenters. The van der Waals surface area contributed by atoms with Crippen molar-refractivity contribution >= 4 is 0 Å².